The molecule has 0 bridgehead atoms. The lowest BCUT2D eigenvalue weighted by atomic mass is 9.96. The van der Waals surface area contributed by atoms with Crippen molar-refractivity contribution in [2.75, 3.05) is 5.32 Å². The van der Waals surface area contributed by atoms with Crippen molar-refractivity contribution >= 4 is 22.4 Å². The standard InChI is InChI=1S/C21H29N3OS/c1-15(13-14-17-9-5-3-6-10-17)22-20(25)19-16(2)23-21(26-19)24-18-11-7-4-8-12-18/h3,5-6,9-10,15,18H,4,7-8,11-14H2,1-2H3,(H,22,25)(H,23,24)/t15-/m1/s1. The number of nitrogens with one attached hydrogen (secondary N) is 2. The summed E-state index contributed by atoms with van der Waals surface area (Å²) in [5.74, 6) is -0.00254. The molecule has 0 saturated heterocycles. The van der Waals surface area contributed by atoms with Crippen LogP contribution in [0.5, 0.6) is 0 Å². The smallest absolute Gasteiger partial charge is 0.263 e. The first kappa shape index (κ1) is 18.9. The van der Waals surface area contributed by atoms with Crippen LogP contribution in [0.2, 0.25) is 0 Å². The zero-order chi connectivity index (χ0) is 18.4. The monoisotopic (exact) mass is 371 g/mol. The van der Waals surface area contributed by atoms with Crippen molar-refractivity contribution in [3.05, 3.63) is 46.5 Å². The number of anilines is 1. The highest BCUT2D eigenvalue weighted by Crippen LogP contribution is 2.27. The Morgan fingerprint density at radius 1 is 1.23 bits per heavy atom. The van der Waals surface area contributed by atoms with Gasteiger partial charge in [0, 0.05) is 12.1 Å². The van der Waals surface area contributed by atoms with Gasteiger partial charge in [-0.3, -0.25) is 4.79 Å². The summed E-state index contributed by atoms with van der Waals surface area (Å²) in [6.45, 7) is 3.99. The Balaban J connectivity index is 1.52. The van der Waals surface area contributed by atoms with Crippen LogP contribution in [0, 0.1) is 6.92 Å². The maximum absolute atomic E-state index is 12.6. The number of aromatic nitrogens is 1. The molecule has 4 nitrogen and oxygen atoms in total. The SMILES string of the molecule is Cc1nc(NC2CCCCC2)sc1C(=O)N[C@H](C)CCc1ccccc1. The Kier molecular flexibility index (Phi) is 6.67. The van der Waals surface area contributed by atoms with E-state index >= 15 is 0 Å². The molecule has 1 aromatic heterocycles. The number of benzene rings is 1. The van der Waals surface area contributed by atoms with Crippen molar-refractivity contribution in [2.45, 2.75) is 70.9 Å². The van der Waals surface area contributed by atoms with Crippen molar-refractivity contribution in [2.24, 2.45) is 0 Å². The third-order valence-corrected chi connectivity index (χ3v) is 6.11. The van der Waals surface area contributed by atoms with Gasteiger partial charge in [-0.05, 0) is 45.1 Å². The molecule has 26 heavy (non-hydrogen) atoms. The van der Waals surface area contributed by atoms with Gasteiger partial charge >= 0.3 is 0 Å². The van der Waals surface area contributed by atoms with Crippen LogP contribution < -0.4 is 10.6 Å². The summed E-state index contributed by atoms with van der Waals surface area (Å²) in [6.07, 6.45) is 8.22. The fraction of sp³-hybridized carbons (Fsp3) is 0.524. The minimum Gasteiger partial charge on any atom is -0.359 e. The van der Waals surface area contributed by atoms with Gasteiger partial charge in [0.1, 0.15) is 4.88 Å². The molecule has 140 valence electrons. The lowest BCUT2D eigenvalue weighted by Gasteiger charge is -2.22. The molecule has 1 saturated carbocycles. The molecule has 1 aliphatic carbocycles. The van der Waals surface area contributed by atoms with Gasteiger partial charge in [0.05, 0.1) is 5.69 Å². The van der Waals surface area contributed by atoms with Gasteiger partial charge in [-0.25, -0.2) is 4.98 Å². The van der Waals surface area contributed by atoms with Crippen LogP contribution in [0.1, 0.15) is 66.4 Å². The molecule has 0 aliphatic heterocycles. The fourth-order valence-corrected chi connectivity index (χ4v) is 4.43. The molecule has 1 heterocycles. The lowest BCUT2D eigenvalue weighted by Crippen LogP contribution is -2.32. The average molecular weight is 372 g/mol. The molecule has 0 radical (unpaired) electrons. The summed E-state index contributed by atoms with van der Waals surface area (Å²) in [4.78, 5) is 17.9. The highest BCUT2D eigenvalue weighted by Gasteiger charge is 2.19. The Morgan fingerprint density at radius 2 is 1.96 bits per heavy atom. The number of carbonyl (C=O) groups is 1. The van der Waals surface area contributed by atoms with E-state index in [1.807, 2.05) is 13.0 Å². The molecular weight excluding hydrogens is 342 g/mol. The molecule has 1 aromatic carbocycles. The van der Waals surface area contributed by atoms with Crippen molar-refractivity contribution in [1.82, 2.24) is 10.3 Å². The Morgan fingerprint density at radius 3 is 2.69 bits per heavy atom. The van der Waals surface area contributed by atoms with E-state index in [0.717, 1.165) is 28.5 Å². The topological polar surface area (TPSA) is 54.0 Å². The second-order valence-corrected chi connectivity index (χ2v) is 8.31. The van der Waals surface area contributed by atoms with Crippen molar-refractivity contribution in [3.8, 4) is 0 Å². The minimum absolute atomic E-state index is 0.00254. The number of aryl methyl sites for hydroxylation is 2. The van der Waals surface area contributed by atoms with Gasteiger partial charge in [-0.1, -0.05) is 60.9 Å². The fourth-order valence-electron chi connectivity index (χ4n) is 3.48. The number of nitrogens with zero attached hydrogens (tertiary/aromatic N) is 1. The van der Waals surface area contributed by atoms with Gasteiger partial charge in [-0.15, -0.1) is 0 Å². The van der Waals surface area contributed by atoms with Crippen LogP contribution in [-0.4, -0.2) is 23.0 Å². The van der Waals surface area contributed by atoms with Gasteiger partial charge in [0.25, 0.3) is 5.91 Å². The molecule has 0 spiro atoms. The van der Waals surface area contributed by atoms with Crippen LogP contribution in [0.25, 0.3) is 0 Å². The van der Waals surface area contributed by atoms with Crippen LogP contribution in [0.3, 0.4) is 0 Å². The first-order valence-electron chi connectivity index (χ1n) is 9.70. The van der Waals surface area contributed by atoms with Crippen LogP contribution >= 0.6 is 11.3 Å². The number of rotatable bonds is 7. The first-order chi connectivity index (χ1) is 12.6. The molecule has 5 heteroatoms. The highest BCUT2D eigenvalue weighted by molar-refractivity contribution is 7.17. The third kappa shape index (κ3) is 5.31. The minimum atomic E-state index is -0.00254. The molecule has 1 atom stereocenters. The number of carbonyl (C=O) groups excluding carboxylic acids is 1. The van der Waals surface area contributed by atoms with Crippen molar-refractivity contribution < 1.29 is 4.79 Å². The summed E-state index contributed by atoms with van der Waals surface area (Å²) in [5, 5.41) is 7.54. The van der Waals surface area contributed by atoms with Gasteiger partial charge in [0.2, 0.25) is 0 Å². The zero-order valence-corrected chi connectivity index (χ0v) is 16.6. The van der Waals surface area contributed by atoms with E-state index in [2.05, 4.69) is 46.8 Å². The molecular formula is C21H29N3OS. The maximum atomic E-state index is 12.6. The van der Waals surface area contributed by atoms with Crippen LogP contribution in [0.15, 0.2) is 30.3 Å². The van der Waals surface area contributed by atoms with Gasteiger partial charge in [0.15, 0.2) is 5.13 Å². The second kappa shape index (κ2) is 9.17. The zero-order valence-electron chi connectivity index (χ0n) is 15.8. The van der Waals surface area contributed by atoms with E-state index in [1.54, 1.807) is 0 Å². The number of thiazole rings is 1. The normalized spacial score (nSPS) is 16.2. The second-order valence-electron chi connectivity index (χ2n) is 7.31. The van der Waals surface area contributed by atoms with E-state index in [0.29, 0.717) is 6.04 Å². The molecule has 0 unspecified atom stereocenters. The predicted molar refractivity (Wildman–Crippen MR) is 109 cm³/mol. The Labute approximate surface area is 160 Å². The molecule has 1 fully saturated rings. The molecule has 2 N–H and O–H groups in total. The van der Waals surface area contributed by atoms with E-state index < -0.39 is 0 Å². The molecule has 2 aromatic rings. The number of hydrogen-bond donors (Lipinski definition) is 2. The summed E-state index contributed by atoms with van der Waals surface area (Å²) in [5.41, 5.74) is 2.13. The Hall–Kier alpha value is -1.88. The lowest BCUT2D eigenvalue weighted by molar-refractivity contribution is 0.0942. The first-order valence-corrected chi connectivity index (χ1v) is 10.5. The summed E-state index contributed by atoms with van der Waals surface area (Å²) >= 11 is 1.48. The summed E-state index contributed by atoms with van der Waals surface area (Å²) in [7, 11) is 0. The van der Waals surface area contributed by atoms with Crippen molar-refractivity contribution in [1.29, 1.82) is 0 Å². The molecule has 1 amide bonds. The largest absolute Gasteiger partial charge is 0.359 e. The quantitative estimate of drug-likeness (QED) is 0.724. The van der Waals surface area contributed by atoms with E-state index in [9.17, 15) is 4.79 Å². The van der Waals surface area contributed by atoms with Gasteiger partial charge < -0.3 is 10.6 Å². The third-order valence-electron chi connectivity index (χ3n) is 5.02. The van der Waals surface area contributed by atoms with Crippen molar-refractivity contribution in [3.63, 3.8) is 0 Å². The predicted octanol–water partition coefficient (Wildman–Crippen LogP) is 4.95. The van der Waals surface area contributed by atoms with Gasteiger partial charge in [-0.2, -0.15) is 0 Å². The molecule has 1 aliphatic rings. The maximum Gasteiger partial charge on any atom is 0.263 e. The van der Waals surface area contributed by atoms with E-state index in [1.165, 1.54) is 49.0 Å². The number of amides is 1. The van der Waals surface area contributed by atoms with Crippen LogP contribution in [-0.2, 0) is 6.42 Å². The van der Waals surface area contributed by atoms with E-state index in [4.69, 9.17) is 0 Å². The number of hydrogen-bond acceptors (Lipinski definition) is 4. The highest BCUT2D eigenvalue weighted by atomic mass is 32.1. The average Bonchev–Trinajstić information content (AvgIpc) is 3.02. The van der Waals surface area contributed by atoms with E-state index in [-0.39, 0.29) is 11.9 Å². The summed E-state index contributed by atoms with van der Waals surface area (Å²) in [6, 6.07) is 11.0. The Bertz CT molecular complexity index is 707. The summed E-state index contributed by atoms with van der Waals surface area (Å²) < 4.78 is 0. The molecule has 3 rings (SSSR count). The van der Waals surface area contributed by atoms with Crippen LogP contribution in [0.4, 0.5) is 5.13 Å².